The molecule has 1 N–H and O–H groups in total. The standard InChI is InChI=1S/C25H35FN6O3/c1-15(2)20-18-9-7-10-19(26)21(18)32(29-20)23-28-22(35-30-23)16-13-17(14-16)31(6)12-8-11-27-24(33)34-25(3,4)5/h7,9-10,15-17H,8,11-14H2,1-6H3,(H,27,33). The Morgan fingerprint density at radius 1 is 1.34 bits per heavy atom. The van der Waals surface area contributed by atoms with Crippen LogP contribution in [0.2, 0.25) is 0 Å². The lowest BCUT2D eigenvalue weighted by atomic mass is 9.79. The number of fused-ring (bicyclic) bond motifs is 1. The zero-order valence-corrected chi connectivity index (χ0v) is 21.3. The van der Waals surface area contributed by atoms with Crippen LogP contribution < -0.4 is 5.32 Å². The van der Waals surface area contributed by atoms with Crippen molar-refractivity contribution >= 4 is 17.0 Å². The van der Waals surface area contributed by atoms with Crippen molar-refractivity contribution in [3.05, 3.63) is 35.6 Å². The number of halogens is 1. The Bertz CT molecular complexity index is 1180. The fourth-order valence-electron chi connectivity index (χ4n) is 4.36. The number of rotatable bonds is 8. The third-order valence-corrected chi connectivity index (χ3v) is 6.29. The van der Waals surface area contributed by atoms with E-state index in [4.69, 9.17) is 9.26 Å². The fraction of sp³-hybridized carbons (Fsp3) is 0.600. The average Bonchev–Trinajstić information content (AvgIpc) is 3.34. The van der Waals surface area contributed by atoms with E-state index in [-0.39, 0.29) is 29.7 Å². The molecule has 1 fully saturated rings. The first-order valence-electron chi connectivity index (χ1n) is 12.2. The lowest BCUT2D eigenvalue weighted by molar-refractivity contribution is 0.0523. The van der Waals surface area contributed by atoms with Gasteiger partial charge in [0.1, 0.15) is 16.9 Å². The van der Waals surface area contributed by atoms with Crippen LogP contribution in [0, 0.1) is 5.82 Å². The molecule has 10 heteroatoms. The molecule has 35 heavy (non-hydrogen) atoms. The molecule has 1 amide bonds. The predicted octanol–water partition coefficient (Wildman–Crippen LogP) is 4.76. The van der Waals surface area contributed by atoms with Crippen molar-refractivity contribution in [1.29, 1.82) is 0 Å². The van der Waals surface area contributed by atoms with Gasteiger partial charge in [0.25, 0.3) is 5.95 Å². The smallest absolute Gasteiger partial charge is 0.407 e. The summed E-state index contributed by atoms with van der Waals surface area (Å²) in [5, 5.41) is 12.3. The number of carbonyl (C=O) groups excluding carboxylic acids is 1. The second-order valence-corrected chi connectivity index (χ2v) is 10.6. The average molecular weight is 487 g/mol. The van der Waals surface area contributed by atoms with E-state index < -0.39 is 5.60 Å². The summed E-state index contributed by atoms with van der Waals surface area (Å²) in [4.78, 5) is 18.6. The van der Waals surface area contributed by atoms with Crippen LogP contribution in [0.25, 0.3) is 16.9 Å². The summed E-state index contributed by atoms with van der Waals surface area (Å²) in [6.07, 6.45) is 2.26. The molecule has 1 aromatic carbocycles. The van der Waals surface area contributed by atoms with Gasteiger partial charge in [-0.3, -0.25) is 0 Å². The summed E-state index contributed by atoms with van der Waals surface area (Å²) < 4.78 is 26.9. The normalized spacial score (nSPS) is 18.3. The maximum atomic E-state index is 14.7. The van der Waals surface area contributed by atoms with Gasteiger partial charge in [0.2, 0.25) is 5.89 Å². The third-order valence-electron chi connectivity index (χ3n) is 6.29. The van der Waals surface area contributed by atoms with Gasteiger partial charge in [-0.25, -0.2) is 9.18 Å². The number of para-hydroxylation sites is 1. The lowest BCUT2D eigenvalue weighted by Gasteiger charge is -2.39. The summed E-state index contributed by atoms with van der Waals surface area (Å²) in [5.74, 6) is 0.753. The number of ether oxygens (including phenoxy) is 1. The van der Waals surface area contributed by atoms with Crippen molar-refractivity contribution in [2.45, 2.75) is 77.4 Å². The van der Waals surface area contributed by atoms with Gasteiger partial charge in [0, 0.05) is 23.9 Å². The molecular weight excluding hydrogens is 451 g/mol. The van der Waals surface area contributed by atoms with Crippen molar-refractivity contribution in [1.82, 2.24) is 30.1 Å². The van der Waals surface area contributed by atoms with E-state index in [1.807, 2.05) is 40.7 Å². The molecular formula is C25H35FN6O3. The molecule has 0 bridgehead atoms. The van der Waals surface area contributed by atoms with Crippen LogP contribution in [-0.2, 0) is 4.74 Å². The van der Waals surface area contributed by atoms with Crippen LogP contribution in [0.15, 0.2) is 22.7 Å². The van der Waals surface area contributed by atoms with Crippen LogP contribution in [0.3, 0.4) is 0 Å². The number of alkyl carbamates (subject to hydrolysis) is 1. The molecule has 0 aliphatic heterocycles. The second-order valence-electron chi connectivity index (χ2n) is 10.6. The first-order valence-corrected chi connectivity index (χ1v) is 12.2. The van der Waals surface area contributed by atoms with Crippen molar-refractivity contribution in [3.8, 4) is 5.95 Å². The molecule has 1 aliphatic carbocycles. The van der Waals surface area contributed by atoms with Gasteiger partial charge < -0.3 is 19.5 Å². The third kappa shape index (κ3) is 5.63. The minimum Gasteiger partial charge on any atom is -0.444 e. The number of benzene rings is 1. The minimum atomic E-state index is -0.494. The second kappa shape index (κ2) is 9.93. The van der Waals surface area contributed by atoms with Crippen LogP contribution >= 0.6 is 0 Å². The van der Waals surface area contributed by atoms with E-state index in [1.165, 1.54) is 10.7 Å². The van der Waals surface area contributed by atoms with Crippen LogP contribution in [0.1, 0.15) is 77.3 Å². The number of amides is 1. The molecule has 2 aromatic heterocycles. The van der Waals surface area contributed by atoms with Crippen molar-refractivity contribution in [3.63, 3.8) is 0 Å². The maximum Gasteiger partial charge on any atom is 0.407 e. The molecule has 0 spiro atoms. The first-order chi connectivity index (χ1) is 16.5. The van der Waals surface area contributed by atoms with E-state index >= 15 is 0 Å². The summed E-state index contributed by atoms with van der Waals surface area (Å²) in [5.41, 5.74) is 0.679. The Morgan fingerprint density at radius 3 is 2.77 bits per heavy atom. The molecule has 0 radical (unpaired) electrons. The summed E-state index contributed by atoms with van der Waals surface area (Å²) >= 11 is 0. The van der Waals surface area contributed by atoms with Gasteiger partial charge in [0.05, 0.1) is 5.69 Å². The number of nitrogens with one attached hydrogen (secondary N) is 1. The van der Waals surface area contributed by atoms with E-state index in [0.29, 0.717) is 24.0 Å². The lowest BCUT2D eigenvalue weighted by Crippen LogP contribution is -2.42. The predicted molar refractivity (Wildman–Crippen MR) is 130 cm³/mol. The molecule has 9 nitrogen and oxygen atoms in total. The Morgan fingerprint density at radius 2 is 2.09 bits per heavy atom. The molecule has 1 saturated carbocycles. The van der Waals surface area contributed by atoms with E-state index in [9.17, 15) is 9.18 Å². The van der Waals surface area contributed by atoms with Gasteiger partial charge in [-0.15, -0.1) is 0 Å². The fourth-order valence-corrected chi connectivity index (χ4v) is 4.36. The Kier molecular flexibility index (Phi) is 7.12. The highest BCUT2D eigenvalue weighted by molar-refractivity contribution is 5.84. The topological polar surface area (TPSA) is 98.3 Å². The molecule has 0 saturated heterocycles. The van der Waals surface area contributed by atoms with E-state index in [1.54, 1.807) is 6.07 Å². The molecule has 3 aromatic rings. The monoisotopic (exact) mass is 486 g/mol. The molecule has 190 valence electrons. The zero-order valence-electron chi connectivity index (χ0n) is 21.3. The molecule has 2 heterocycles. The van der Waals surface area contributed by atoms with E-state index in [0.717, 1.165) is 36.9 Å². The summed E-state index contributed by atoms with van der Waals surface area (Å²) in [7, 11) is 2.08. The molecule has 0 unspecified atom stereocenters. The minimum absolute atomic E-state index is 0.134. The largest absolute Gasteiger partial charge is 0.444 e. The number of nitrogens with zero attached hydrogens (tertiary/aromatic N) is 5. The number of hydrogen-bond acceptors (Lipinski definition) is 7. The SMILES string of the molecule is CC(C)c1nn(-c2noc(C3CC(N(C)CCCNC(=O)OC(C)(C)C)C3)n2)c2c(F)cccc12. The summed E-state index contributed by atoms with van der Waals surface area (Å²) in [6.45, 7) is 11.0. The van der Waals surface area contributed by atoms with Gasteiger partial charge in [0.15, 0.2) is 0 Å². The zero-order chi connectivity index (χ0) is 25.3. The Labute approximate surface area is 205 Å². The van der Waals surface area contributed by atoms with Crippen LogP contribution in [-0.4, -0.2) is 62.7 Å². The Hall–Kier alpha value is -3.01. The van der Waals surface area contributed by atoms with Crippen molar-refractivity contribution < 1.29 is 18.4 Å². The highest BCUT2D eigenvalue weighted by Gasteiger charge is 2.37. The van der Waals surface area contributed by atoms with Gasteiger partial charge >= 0.3 is 6.09 Å². The van der Waals surface area contributed by atoms with Gasteiger partial charge in [-0.1, -0.05) is 26.0 Å². The number of carbonyl (C=O) groups is 1. The van der Waals surface area contributed by atoms with Crippen molar-refractivity contribution in [2.75, 3.05) is 20.1 Å². The number of hydrogen-bond donors (Lipinski definition) is 1. The quantitative estimate of drug-likeness (QED) is 0.458. The van der Waals surface area contributed by atoms with Crippen molar-refractivity contribution in [2.24, 2.45) is 0 Å². The molecule has 4 rings (SSSR count). The molecule has 1 aliphatic rings. The maximum absolute atomic E-state index is 14.7. The molecule has 0 atom stereocenters. The summed E-state index contributed by atoms with van der Waals surface area (Å²) in [6, 6.07) is 5.39. The van der Waals surface area contributed by atoms with Gasteiger partial charge in [-0.05, 0) is 70.8 Å². The first kappa shape index (κ1) is 25.1. The van der Waals surface area contributed by atoms with E-state index in [2.05, 4.69) is 32.5 Å². The highest BCUT2D eigenvalue weighted by atomic mass is 19.1. The number of aromatic nitrogens is 4. The van der Waals surface area contributed by atoms with Gasteiger partial charge in [-0.2, -0.15) is 14.8 Å². The Balaban J connectivity index is 1.31. The highest BCUT2D eigenvalue weighted by Crippen LogP contribution is 2.39. The van der Waals surface area contributed by atoms with Crippen LogP contribution in [0.4, 0.5) is 9.18 Å². The van der Waals surface area contributed by atoms with Crippen LogP contribution in [0.5, 0.6) is 0 Å².